The first-order valence-electron chi connectivity index (χ1n) is 5.08. The van der Waals surface area contributed by atoms with E-state index >= 15 is 0 Å². The first-order chi connectivity index (χ1) is 7.75. The van der Waals surface area contributed by atoms with Crippen molar-refractivity contribution in [2.75, 3.05) is 0 Å². The maximum absolute atomic E-state index is 12.7. The number of imidazole rings is 1. The van der Waals surface area contributed by atoms with E-state index in [2.05, 4.69) is 20.3 Å². The summed E-state index contributed by atoms with van der Waals surface area (Å²) in [5.74, 6) is -0.315. The van der Waals surface area contributed by atoms with Gasteiger partial charge in [0.2, 0.25) is 0 Å². The molecule has 1 atom stereocenters. The third-order valence-electron chi connectivity index (χ3n) is 2.35. The molecule has 0 aliphatic carbocycles. The standard InChI is InChI=1S/C11H13FN4/c1-8(11-3-2-9(12)4-15-11)14-6-10-5-13-7-16-10/h2-5,7-8,14H,6H2,1H3,(H,13,16). The summed E-state index contributed by atoms with van der Waals surface area (Å²) in [6, 6.07) is 3.17. The predicted molar refractivity (Wildman–Crippen MR) is 58.0 cm³/mol. The van der Waals surface area contributed by atoms with Crippen LogP contribution in [0, 0.1) is 5.82 Å². The second-order valence-corrected chi connectivity index (χ2v) is 3.58. The first kappa shape index (κ1) is 10.8. The Hall–Kier alpha value is -1.75. The highest BCUT2D eigenvalue weighted by atomic mass is 19.1. The van der Waals surface area contributed by atoms with Crippen LogP contribution in [0.15, 0.2) is 30.9 Å². The SMILES string of the molecule is CC(NCc1cnc[nH]1)c1ccc(F)cn1. The maximum atomic E-state index is 12.7. The van der Waals surface area contributed by atoms with Crippen molar-refractivity contribution in [2.24, 2.45) is 0 Å². The molecule has 4 nitrogen and oxygen atoms in total. The molecule has 1 unspecified atom stereocenters. The minimum absolute atomic E-state index is 0.0731. The second kappa shape index (κ2) is 4.85. The van der Waals surface area contributed by atoms with Crippen LogP contribution in [0.25, 0.3) is 0 Å². The Morgan fingerprint density at radius 2 is 2.31 bits per heavy atom. The Balaban J connectivity index is 1.93. The van der Waals surface area contributed by atoms with Crippen LogP contribution in [0.5, 0.6) is 0 Å². The number of hydrogen-bond donors (Lipinski definition) is 2. The summed E-state index contributed by atoms with van der Waals surface area (Å²) < 4.78 is 12.7. The molecule has 84 valence electrons. The Bertz CT molecular complexity index is 424. The van der Waals surface area contributed by atoms with Crippen molar-refractivity contribution in [3.05, 3.63) is 48.1 Å². The predicted octanol–water partition coefficient (Wildman–Crippen LogP) is 1.79. The molecule has 0 spiro atoms. The smallest absolute Gasteiger partial charge is 0.141 e. The maximum Gasteiger partial charge on any atom is 0.141 e. The average Bonchev–Trinajstić information content (AvgIpc) is 2.80. The quantitative estimate of drug-likeness (QED) is 0.826. The molecule has 2 N–H and O–H groups in total. The van der Waals surface area contributed by atoms with E-state index in [4.69, 9.17) is 0 Å². The molecule has 0 fully saturated rings. The lowest BCUT2D eigenvalue weighted by Crippen LogP contribution is -2.19. The van der Waals surface area contributed by atoms with E-state index in [0.717, 1.165) is 11.4 Å². The van der Waals surface area contributed by atoms with Crippen LogP contribution in [0.1, 0.15) is 24.4 Å². The van der Waals surface area contributed by atoms with Crippen LogP contribution in [-0.4, -0.2) is 15.0 Å². The van der Waals surface area contributed by atoms with E-state index in [1.807, 2.05) is 6.92 Å². The Morgan fingerprint density at radius 1 is 1.44 bits per heavy atom. The molecule has 2 heterocycles. The lowest BCUT2D eigenvalue weighted by molar-refractivity contribution is 0.550. The molecule has 0 saturated carbocycles. The molecule has 5 heteroatoms. The van der Waals surface area contributed by atoms with Gasteiger partial charge in [-0.05, 0) is 19.1 Å². The fourth-order valence-corrected chi connectivity index (χ4v) is 1.39. The Labute approximate surface area is 92.9 Å². The van der Waals surface area contributed by atoms with Crippen molar-refractivity contribution >= 4 is 0 Å². The number of nitrogens with one attached hydrogen (secondary N) is 2. The number of nitrogens with zero attached hydrogens (tertiary/aromatic N) is 2. The van der Waals surface area contributed by atoms with Gasteiger partial charge in [0.15, 0.2) is 0 Å². The largest absolute Gasteiger partial charge is 0.347 e. The molecule has 0 bridgehead atoms. The number of aromatic amines is 1. The van der Waals surface area contributed by atoms with Gasteiger partial charge in [-0.25, -0.2) is 9.37 Å². The molecule has 16 heavy (non-hydrogen) atoms. The fraction of sp³-hybridized carbons (Fsp3) is 0.273. The number of H-pyrrole nitrogens is 1. The highest BCUT2D eigenvalue weighted by Crippen LogP contribution is 2.09. The van der Waals surface area contributed by atoms with Crippen molar-refractivity contribution in [2.45, 2.75) is 19.5 Å². The lowest BCUT2D eigenvalue weighted by atomic mass is 10.2. The second-order valence-electron chi connectivity index (χ2n) is 3.58. The molecule has 0 amide bonds. The van der Waals surface area contributed by atoms with E-state index in [1.165, 1.54) is 12.3 Å². The zero-order valence-corrected chi connectivity index (χ0v) is 8.94. The molecule has 2 aromatic rings. The van der Waals surface area contributed by atoms with Crippen molar-refractivity contribution in [3.63, 3.8) is 0 Å². The third kappa shape index (κ3) is 2.64. The van der Waals surface area contributed by atoms with E-state index in [-0.39, 0.29) is 11.9 Å². The molecule has 0 radical (unpaired) electrons. The van der Waals surface area contributed by atoms with Crippen molar-refractivity contribution in [1.82, 2.24) is 20.3 Å². The van der Waals surface area contributed by atoms with E-state index in [9.17, 15) is 4.39 Å². The molecular formula is C11H13FN4. The molecule has 0 saturated heterocycles. The summed E-state index contributed by atoms with van der Waals surface area (Å²) in [4.78, 5) is 10.9. The van der Waals surface area contributed by atoms with E-state index < -0.39 is 0 Å². The van der Waals surface area contributed by atoms with Gasteiger partial charge >= 0.3 is 0 Å². The molecule has 2 rings (SSSR count). The monoisotopic (exact) mass is 220 g/mol. The van der Waals surface area contributed by atoms with Crippen LogP contribution < -0.4 is 5.32 Å². The normalized spacial score (nSPS) is 12.6. The van der Waals surface area contributed by atoms with Crippen molar-refractivity contribution < 1.29 is 4.39 Å². The minimum atomic E-state index is -0.315. The van der Waals surface area contributed by atoms with Gasteiger partial charge in [0.05, 0.1) is 18.2 Å². The van der Waals surface area contributed by atoms with Crippen molar-refractivity contribution in [1.29, 1.82) is 0 Å². The number of pyridine rings is 1. The summed E-state index contributed by atoms with van der Waals surface area (Å²) in [5.41, 5.74) is 1.83. The molecule has 0 aliphatic rings. The van der Waals surface area contributed by atoms with E-state index in [1.54, 1.807) is 18.6 Å². The van der Waals surface area contributed by atoms with Crippen LogP contribution in [0.3, 0.4) is 0 Å². The number of aromatic nitrogens is 3. The number of halogens is 1. The highest BCUT2D eigenvalue weighted by molar-refractivity contribution is 5.09. The Morgan fingerprint density at radius 3 is 2.94 bits per heavy atom. The molecule has 2 aromatic heterocycles. The van der Waals surface area contributed by atoms with Crippen molar-refractivity contribution in [3.8, 4) is 0 Å². The average molecular weight is 220 g/mol. The summed E-state index contributed by atoms with van der Waals surface area (Å²) in [5, 5.41) is 3.26. The van der Waals surface area contributed by atoms with Crippen LogP contribution in [0.2, 0.25) is 0 Å². The summed E-state index contributed by atoms with van der Waals surface area (Å²) in [6.45, 7) is 2.66. The summed E-state index contributed by atoms with van der Waals surface area (Å²) >= 11 is 0. The summed E-state index contributed by atoms with van der Waals surface area (Å²) in [6.07, 6.45) is 4.62. The van der Waals surface area contributed by atoms with Crippen LogP contribution in [-0.2, 0) is 6.54 Å². The van der Waals surface area contributed by atoms with Gasteiger partial charge in [0.1, 0.15) is 5.82 Å². The highest BCUT2D eigenvalue weighted by Gasteiger charge is 2.06. The molecular weight excluding hydrogens is 207 g/mol. The van der Waals surface area contributed by atoms with Gasteiger partial charge in [0, 0.05) is 24.5 Å². The summed E-state index contributed by atoms with van der Waals surface area (Å²) in [7, 11) is 0. The number of rotatable bonds is 4. The number of hydrogen-bond acceptors (Lipinski definition) is 3. The van der Waals surface area contributed by atoms with Gasteiger partial charge in [0.25, 0.3) is 0 Å². The lowest BCUT2D eigenvalue weighted by Gasteiger charge is -2.12. The van der Waals surface area contributed by atoms with Gasteiger partial charge < -0.3 is 10.3 Å². The fourth-order valence-electron chi connectivity index (χ4n) is 1.39. The zero-order chi connectivity index (χ0) is 11.4. The first-order valence-corrected chi connectivity index (χ1v) is 5.08. The van der Waals surface area contributed by atoms with Gasteiger partial charge in [-0.1, -0.05) is 0 Å². The zero-order valence-electron chi connectivity index (χ0n) is 8.94. The van der Waals surface area contributed by atoms with Gasteiger partial charge in [-0.2, -0.15) is 0 Å². The Kier molecular flexibility index (Phi) is 3.26. The van der Waals surface area contributed by atoms with Crippen LogP contribution >= 0.6 is 0 Å². The molecule has 0 aliphatic heterocycles. The van der Waals surface area contributed by atoms with Gasteiger partial charge in [-0.15, -0.1) is 0 Å². The molecule has 0 aromatic carbocycles. The third-order valence-corrected chi connectivity index (χ3v) is 2.35. The van der Waals surface area contributed by atoms with Crippen LogP contribution in [0.4, 0.5) is 4.39 Å². The topological polar surface area (TPSA) is 53.6 Å². The minimum Gasteiger partial charge on any atom is -0.347 e. The van der Waals surface area contributed by atoms with Gasteiger partial charge in [-0.3, -0.25) is 4.98 Å². The van der Waals surface area contributed by atoms with E-state index in [0.29, 0.717) is 6.54 Å².